The monoisotopic (exact) mass is 428 g/mol. The lowest BCUT2D eigenvalue weighted by atomic mass is 9.97. The maximum absolute atomic E-state index is 13.2. The summed E-state index contributed by atoms with van der Waals surface area (Å²) in [6.07, 6.45) is 7.82. The Balaban J connectivity index is 1.76. The van der Waals surface area contributed by atoms with Crippen molar-refractivity contribution in [3.8, 4) is 0 Å². The van der Waals surface area contributed by atoms with Crippen molar-refractivity contribution in [2.24, 2.45) is 5.92 Å². The predicted molar refractivity (Wildman–Crippen MR) is 116 cm³/mol. The first kappa shape index (κ1) is 23.0. The van der Waals surface area contributed by atoms with Crippen LogP contribution in [0, 0.1) is 5.92 Å². The van der Waals surface area contributed by atoms with E-state index in [1.807, 2.05) is 42.5 Å². The first-order chi connectivity index (χ1) is 15.1. The molecule has 0 aliphatic carbocycles. The Kier molecular flexibility index (Phi) is 8.64. The number of esters is 1. The van der Waals surface area contributed by atoms with Crippen LogP contribution in [0.5, 0.6) is 0 Å². The fraction of sp³-hybridized carbons (Fsp3) is 0.542. The Labute approximate surface area is 183 Å². The highest BCUT2D eigenvalue weighted by Crippen LogP contribution is 2.22. The summed E-state index contributed by atoms with van der Waals surface area (Å²) in [5.41, 5.74) is 0.846. The summed E-state index contributed by atoms with van der Waals surface area (Å²) in [4.78, 5) is 39.8. The molecule has 1 aromatic carbocycles. The van der Waals surface area contributed by atoms with Crippen LogP contribution in [0.3, 0.4) is 0 Å². The quantitative estimate of drug-likeness (QED) is 0.568. The Morgan fingerprint density at radius 3 is 2.74 bits per heavy atom. The van der Waals surface area contributed by atoms with Crippen LogP contribution >= 0.6 is 0 Å². The van der Waals surface area contributed by atoms with Gasteiger partial charge in [0, 0.05) is 19.4 Å². The van der Waals surface area contributed by atoms with Crippen molar-refractivity contribution in [2.45, 2.75) is 57.0 Å². The molecular formula is C24H32N2O5. The molecule has 2 aliphatic heterocycles. The molecule has 7 nitrogen and oxygen atoms in total. The van der Waals surface area contributed by atoms with Gasteiger partial charge in [0.2, 0.25) is 11.8 Å². The molecule has 31 heavy (non-hydrogen) atoms. The highest BCUT2D eigenvalue weighted by molar-refractivity contribution is 5.86. The molecule has 2 aliphatic rings. The summed E-state index contributed by atoms with van der Waals surface area (Å²) in [6, 6.07) is 8.76. The van der Waals surface area contributed by atoms with Crippen LogP contribution < -0.4 is 5.32 Å². The second kappa shape index (κ2) is 11.6. The van der Waals surface area contributed by atoms with Crippen LogP contribution in [-0.2, 0) is 19.1 Å². The van der Waals surface area contributed by atoms with Crippen LogP contribution in [0.2, 0.25) is 0 Å². The molecule has 2 heterocycles. The minimum absolute atomic E-state index is 0.0516. The number of hydrogen-bond donors (Lipinski definition) is 2. The minimum Gasteiger partial charge on any atom is -0.463 e. The Bertz CT molecular complexity index is 779. The van der Waals surface area contributed by atoms with Gasteiger partial charge in [0.15, 0.2) is 0 Å². The van der Waals surface area contributed by atoms with E-state index in [-0.39, 0.29) is 43.5 Å². The lowest BCUT2D eigenvalue weighted by Gasteiger charge is -2.26. The molecule has 3 atom stereocenters. The Morgan fingerprint density at radius 1 is 1.16 bits per heavy atom. The molecule has 1 saturated heterocycles. The van der Waals surface area contributed by atoms with Crippen molar-refractivity contribution < 1.29 is 24.2 Å². The number of amides is 2. The zero-order valence-electron chi connectivity index (χ0n) is 17.9. The van der Waals surface area contributed by atoms with E-state index in [1.165, 1.54) is 0 Å². The van der Waals surface area contributed by atoms with E-state index in [4.69, 9.17) is 4.74 Å². The van der Waals surface area contributed by atoms with Crippen molar-refractivity contribution in [3.63, 3.8) is 0 Å². The molecule has 3 rings (SSSR count). The molecule has 0 spiro atoms. The SMILES string of the molecule is O=C1CCCC=CCC(CC(=O)N2CCCC2CO)C(=O)NC(c2ccccc2)CO1. The van der Waals surface area contributed by atoms with E-state index < -0.39 is 12.0 Å². The third-order valence-corrected chi connectivity index (χ3v) is 5.97. The minimum atomic E-state index is -0.522. The fourth-order valence-electron chi connectivity index (χ4n) is 4.15. The number of carbonyl (C=O) groups excluding carboxylic acids is 3. The topological polar surface area (TPSA) is 95.9 Å². The molecule has 0 saturated carbocycles. The average molecular weight is 429 g/mol. The molecule has 0 radical (unpaired) electrons. The zero-order chi connectivity index (χ0) is 22.1. The van der Waals surface area contributed by atoms with E-state index >= 15 is 0 Å². The summed E-state index contributed by atoms with van der Waals surface area (Å²) in [7, 11) is 0. The summed E-state index contributed by atoms with van der Waals surface area (Å²) < 4.78 is 5.42. The largest absolute Gasteiger partial charge is 0.463 e. The van der Waals surface area contributed by atoms with Gasteiger partial charge in [-0.1, -0.05) is 42.5 Å². The van der Waals surface area contributed by atoms with Gasteiger partial charge in [-0.2, -0.15) is 0 Å². The Hall–Kier alpha value is -2.67. The molecule has 3 unspecified atom stereocenters. The van der Waals surface area contributed by atoms with E-state index in [0.29, 0.717) is 25.8 Å². The molecule has 2 amide bonds. The Morgan fingerprint density at radius 2 is 1.97 bits per heavy atom. The van der Waals surface area contributed by atoms with Gasteiger partial charge in [-0.3, -0.25) is 14.4 Å². The van der Waals surface area contributed by atoms with Gasteiger partial charge in [0.05, 0.1) is 24.6 Å². The molecule has 2 N–H and O–H groups in total. The van der Waals surface area contributed by atoms with Gasteiger partial charge in [-0.15, -0.1) is 0 Å². The third-order valence-electron chi connectivity index (χ3n) is 5.97. The number of aliphatic hydroxyl groups excluding tert-OH is 1. The van der Waals surface area contributed by atoms with Crippen LogP contribution in [0.4, 0.5) is 0 Å². The number of likely N-dealkylation sites (tertiary alicyclic amines) is 1. The number of nitrogens with one attached hydrogen (secondary N) is 1. The van der Waals surface area contributed by atoms with E-state index in [9.17, 15) is 19.5 Å². The van der Waals surface area contributed by atoms with Gasteiger partial charge >= 0.3 is 5.97 Å². The van der Waals surface area contributed by atoms with Gasteiger partial charge in [-0.25, -0.2) is 0 Å². The number of rotatable bonds is 4. The number of benzene rings is 1. The lowest BCUT2D eigenvalue weighted by molar-refractivity contribution is -0.145. The van der Waals surface area contributed by atoms with Crippen LogP contribution in [0.15, 0.2) is 42.5 Å². The number of aliphatic hydroxyl groups is 1. The van der Waals surface area contributed by atoms with Crippen molar-refractivity contribution >= 4 is 17.8 Å². The number of hydrogen-bond acceptors (Lipinski definition) is 5. The summed E-state index contributed by atoms with van der Waals surface area (Å²) in [5.74, 6) is -1.14. The average Bonchev–Trinajstić information content (AvgIpc) is 3.27. The number of cyclic esters (lactones) is 1. The van der Waals surface area contributed by atoms with Crippen LogP contribution in [0.1, 0.15) is 56.6 Å². The van der Waals surface area contributed by atoms with Crippen molar-refractivity contribution in [2.75, 3.05) is 19.8 Å². The summed E-state index contributed by atoms with van der Waals surface area (Å²) >= 11 is 0. The maximum Gasteiger partial charge on any atom is 0.305 e. The van der Waals surface area contributed by atoms with Crippen LogP contribution in [-0.4, -0.2) is 53.6 Å². The number of ether oxygens (including phenoxy) is 1. The molecule has 1 fully saturated rings. The highest BCUT2D eigenvalue weighted by atomic mass is 16.5. The standard InChI is InChI=1S/C24H32N2O5/c27-16-20-12-8-14-26(20)22(28)15-19-11-4-1-2-7-13-23(29)31-17-21(25-24(19)30)18-9-5-3-6-10-18/h1,3-6,9-10,19-21,27H,2,7-8,11-17H2,(H,25,30). The highest BCUT2D eigenvalue weighted by Gasteiger charge is 2.32. The summed E-state index contributed by atoms with van der Waals surface area (Å²) in [5, 5.41) is 12.5. The second-order valence-corrected chi connectivity index (χ2v) is 8.22. The fourth-order valence-corrected chi connectivity index (χ4v) is 4.15. The summed E-state index contributed by atoms with van der Waals surface area (Å²) in [6.45, 7) is 0.627. The van der Waals surface area contributed by atoms with E-state index in [0.717, 1.165) is 24.8 Å². The number of nitrogens with zero attached hydrogens (tertiary/aromatic N) is 1. The number of carbonyl (C=O) groups is 3. The first-order valence-electron chi connectivity index (χ1n) is 11.1. The molecular weight excluding hydrogens is 396 g/mol. The van der Waals surface area contributed by atoms with Crippen molar-refractivity contribution in [1.82, 2.24) is 10.2 Å². The molecule has 1 aromatic rings. The maximum atomic E-state index is 13.2. The van der Waals surface area contributed by atoms with Gasteiger partial charge in [-0.05, 0) is 37.7 Å². The smallest absolute Gasteiger partial charge is 0.305 e. The third kappa shape index (κ3) is 6.66. The van der Waals surface area contributed by atoms with E-state index in [1.54, 1.807) is 4.90 Å². The second-order valence-electron chi connectivity index (χ2n) is 8.22. The zero-order valence-corrected chi connectivity index (χ0v) is 17.9. The van der Waals surface area contributed by atoms with Crippen molar-refractivity contribution in [1.29, 1.82) is 0 Å². The van der Waals surface area contributed by atoms with Crippen LogP contribution in [0.25, 0.3) is 0 Å². The van der Waals surface area contributed by atoms with Gasteiger partial charge in [0.1, 0.15) is 6.61 Å². The predicted octanol–water partition coefficient (Wildman–Crippen LogP) is 2.51. The lowest BCUT2D eigenvalue weighted by Crippen LogP contribution is -2.42. The molecule has 0 aromatic heterocycles. The molecule has 168 valence electrons. The first-order valence-corrected chi connectivity index (χ1v) is 11.1. The normalized spacial score (nSPS) is 25.7. The van der Waals surface area contributed by atoms with Crippen molar-refractivity contribution in [3.05, 3.63) is 48.0 Å². The van der Waals surface area contributed by atoms with Gasteiger partial charge < -0.3 is 20.1 Å². The van der Waals surface area contributed by atoms with Gasteiger partial charge in [0.25, 0.3) is 0 Å². The molecule has 0 bridgehead atoms. The van der Waals surface area contributed by atoms with E-state index in [2.05, 4.69) is 5.32 Å². The number of allylic oxidation sites excluding steroid dienone is 2. The molecule has 7 heteroatoms.